The van der Waals surface area contributed by atoms with Crippen LogP contribution in [0, 0.1) is 5.41 Å². The van der Waals surface area contributed by atoms with Crippen LogP contribution in [0.15, 0.2) is 109 Å². The number of hydrogen-bond acceptors (Lipinski definition) is 9. The van der Waals surface area contributed by atoms with Crippen LogP contribution in [0.25, 0.3) is 0 Å². The van der Waals surface area contributed by atoms with Crippen LogP contribution in [0.3, 0.4) is 0 Å². The fraction of sp³-hybridized carbons (Fsp3) is 0.662. The van der Waals surface area contributed by atoms with Crippen molar-refractivity contribution in [3.8, 4) is 0 Å². The molecular weight excluding hydrogens is 925 g/mol. The van der Waals surface area contributed by atoms with Gasteiger partial charge in [0.2, 0.25) is 0 Å². The summed E-state index contributed by atoms with van der Waals surface area (Å²) in [5, 5.41) is 0. The van der Waals surface area contributed by atoms with Gasteiger partial charge in [0.05, 0.1) is 6.61 Å². The summed E-state index contributed by atoms with van der Waals surface area (Å²) in [6.45, 7) is 8.40. The summed E-state index contributed by atoms with van der Waals surface area (Å²) in [5.74, 6) is -2.07. The molecule has 9 nitrogen and oxygen atoms in total. The Kier molecular flexibility index (Phi) is 52.8. The Labute approximate surface area is 452 Å². The second-order valence-electron chi connectivity index (χ2n) is 19.1. The van der Waals surface area contributed by atoms with Gasteiger partial charge in [0.15, 0.2) is 5.41 Å². The van der Waals surface area contributed by atoms with Crippen LogP contribution < -0.4 is 0 Å². The molecule has 0 amide bonds. The maximum absolute atomic E-state index is 14.1. The fourth-order valence-electron chi connectivity index (χ4n) is 7.66. The third-order valence-electron chi connectivity index (χ3n) is 12.3. The van der Waals surface area contributed by atoms with Crippen LogP contribution >= 0.6 is 0 Å². The molecule has 0 aliphatic rings. The highest BCUT2D eigenvalue weighted by atomic mass is 16.6. The molecule has 0 fully saturated rings. The van der Waals surface area contributed by atoms with Crippen molar-refractivity contribution >= 4 is 23.9 Å². The highest BCUT2D eigenvalue weighted by Gasteiger charge is 2.45. The highest BCUT2D eigenvalue weighted by Crippen LogP contribution is 2.25. The molecule has 420 valence electrons. The Morgan fingerprint density at radius 2 is 0.649 bits per heavy atom. The predicted octanol–water partition coefficient (Wildman–Crippen LogP) is 17.7. The molecule has 0 atom stereocenters. The Bertz CT molecular complexity index is 1540. The Balaban J connectivity index is 5.44. The van der Waals surface area contributed by atoms with Crippen LogP contribution in [-0.4, -0.2) is 63.5 Å². The SMILES string of the molecule is C/C=C\C/C=C\C/C=C\CCCCCCCC(=O)OCC(COC(=O)CCCCCCC/C=C\C/C=C\C/C=C\CC)(COC(=O)CCCCCCC/C=C\C/C=C\C/C=C\CC)C(=O)OCCCCCOCC. The molecule has 74 heavy (non-hydrogen) atoms. The normalized spacial score (nSPS) is 12.5. The minimum absolute atomic E-state index is 0.125. The molecule has 0 unspecified atom stereocenters. The van der Waals surface area contributed by atoms with Gasteiger partial charge < -0.3 is 23.7 Å². The van der Waals surface area contributed by atoms with Crippen molar-refractivity contribution in [3.05, 3.63) is 109 Å². The second kappa shape index (κ2) is 56.2. The predicted molar refractivity (Wildman–Crippen MR) is 310 cm³/mol. The first-order valence-electron chi connectivity index (χ1n) is 29.4. The van der Waals surface area contributed by atoms with Crippen LogP contribution in [0.5, 0.6) is 0 Å². The molecule has 0 aromatic heterocycles. The maximum atomic E-state index is 14.1. The lowest BCUT2D eigenvalue weighted by molar-refractivity contribution is -0.179. The van der Waals surface area contributed by atoms with Gasteiger partial charge in [-0.2, -0.15) is 0 Å². The van der Waals surface area contributed by atoms with Gasteiger partial charge in [-0.05, 0) is 142 Å². The van der Waals surface area contributed by atoms with Gasteiger partial charge in [0.1, 0.15) is 19.8 Å². The zero-order chi connectivity index (χ0) is 53.9. The van der Waals surface area contributed by atoms with Gasteiger partial charge >= 0.3 is 23.9 Å². The molecule has 0 N–H and O–H groups in total. The molecule has 0 bridgehead atoms. The van der Waals surface area contributed by atoms with E-state index in [-0.39, 0.29) is 25.9 Å². The van der Waals surface area contributed by atoms with Crippen LogP contribution in [0.1, 0.15) is 233 Å². The smallest absolute Gasteiger partial charge is 0.322 e. The molecule has 0 saturated heterocycles. The number of unbranched alkanes of at least 4 members (excludes halogenated alkanes) is 17. The number of hydrogen-bond donors (Lipinski definition) is 0. The summed E-state index contributed by atoms with van der Waals surface area (Å²) in [7, 11) is 0. The monoisotopic (exact) mass is 1030 g/mol. The summed E-state index contributed by atoms with van der Waals surface area (Å²) in [4.78, 5) is 53.7. The largest absolute Gasteiger partial charge is 0.465 e. The van der Waals surface area contributed by atoms with Crippen LogP contribution in [-0.2, 0) is 42.9 Å². The van der Waals surface area contributed by atoms with E-state index in [1.54, 1.807) is 0 Å². The standard InChI is InChI=1S/C65H106O9/c1-5-9-12-15-18-21-24-27-30-33-36-39-42-45-49-54-62(67)73-59-65(64(69)71-57-52-47-51-56-70-8-4,58-72-61(66)53-48-44-41-38-35-32-29-26-23-20-17-14-11-7-3)60-74-63(68)55-50-46-43-40-37-34-31-28-25-22-19-16-13-10-6-2/h7,9-13,17-22,26-31H,5-6,8,14-16,23-25,32-60H2,1-4H3/b11-7-,12-9-,13-10-,20-17-,21-18-,22-19-,29-26-,30-27-,31-28-. The zero-order valence-corrected chi connectivity index (χ0v) is 47.4. The topological polar surface area (TPSA) is 114 Å². The zero-order valence-electron chi connectivity index (χ0n) is 47.4. The van der Waals surface area contributed by atoms with E-state index >= 15 is 0 Å². The lowest BCUT2D eigenvalue weighted by Gasteiger charge is -2.30. The van der Waals surface area contributed by atoms with Crippen molar-refractivity contribution in [1.82, 2.24) is 0 Å². The van der Waals surface area contributed by atoms with Crippen molar-refractivity contribution in [2.45, 2.75) is 233 Å². The number of carbonyl (C=O) groups is 4. The maximum Gasteiger partial charge on any atom is 0.322 e. The van der Waals surface area contributed by atoms with Gasteiger partial charge in [-0.15, -0.1) is 0 Å². The summed E-state index contributed by atoms with van der Waals surface area (Å²) in [5.41, 5.74) is -1.70. The number of esters is 4. The van der Waals surface area contributed by atoms with Gasteiger partial charge in [-0.1, -0.05) is 181 Å². The molecule has 9 heteroatoms. The summed E-state index contributed by atoms with van der Waals surface area (Å²) in [6, 6.07) is 0. The molecule has 0 saturated carbocycles. The van der Waals surface area contributed by atoms with Gasteiger partial charge in [0.25, 0.3) is 0 Å². The van der Waals surface area contributed by atoms with Crippen molar-refractivity contribution in [2.24, 2.45) is 5.41 Å². The third-order valence-corrected chi connectivity index (χ3v) is 12.3. The molecule has 0 heterocycles. The average Bonchev–Trinajstić information content (AvgIpc) is 3.40. The Hall–Kier alpha value is -4.50. The first kappa shape index (κ1) is 69.5. The minimum atomic E-state index is -1.70. The minimum Gasteiger partial charge on any atom is -0.465 e. The van der Waals surface area contributed by atoms with Gasteiger partial charge in [-0.25, -0.2) is 0 Å². The van der Waals surface area contributed by atoms with Gasteiger partial charge in [0, 0.05) is 32.5 Å². The van der Waals surface area contributed by atoms with E-state index in [1.165, 1.54) is 0 Å². The number of rotatable bonds is 52. The van der Waals surface area contributed by atoms with Gasteiger partial charge in [-0.3, -0.25) is 19.2 Å². The fourth-order valence-corrected chi connectivity index (χ4v) is 7.66. The number of carbonyl (C=O) groups excluding carboxylic acids is 4. The number of allylic oxidation sites excluding steroid dienone is 18. The molecular formula is C65H106O9. The van der Waals surface area contributed by atoms with Crippen LogP contribution in [0.2, 0.25) is 0 Å². The van der Waals surface area contributed by atoms with E-state index < -0.39 is 49.1 Å². The van der Waals surface area contributed by atoms with E-state index in [9.17, 15) is 19.2 Å². The first-order valence-corrected chi connectivity index (χ1v) is 29.4. The lowest BCUT2D eigenvalue weighted by Crippen LogP contribution is -2.47. The number of ether oxygens (including phenoxy) is 5. The van der Waals surface area contributed by atoms with E-state index in [2.05, 4.69) is 123 Å². The third kappa shape index (κ3) is 48.4. The van der Waals surface area contributed by atoms with Crippen molar-refractivity contribution in [3.63, 3.8) is 0 Å². The molecule has 0 aliphatic carbocycles. The second-order valence-corrected chi connectivity index (χ2v) is 19.1. The molecule has 0 spiro atoms. The Morgan fingerprint density at radius 3 is 1.01 bits per heavy atom. The average molecular weight is 1030 g/mol. The van der Waals surface area contributed by atoms with E-state index in [1.807, 2.05) is 13.8 Å². The first-order chi connectivity index (χ1) is 36.3. The summed E-state index contributed by atoms with van der Waals surface area (Å²) >= 11 is 0. The molecule has 0 aliphatic heterocycles. The molecule has 0 radical (unpaired) electrons. The molecule has 0 aromatic carbocycles. The van der Waals surface area contributed by atoms with Crippen molar-refractivity contribution < 1.29 is 42.9 Å². The van der Waals surface area contributed by atoms with Crippen molar-refractivity contribution in [2.75, 3.05) is 39.6 Å². The summed E-state index contributed by atoms with van der Waals surface area (Å²) < 4.78 is 28.6. The van der Waals surface area contributed by atoms with E-state index in [4.69, 9.17) is 23.7 Å². The Morgan fingerprint density at radius 1 is 0.338 bits per heavy atom. The van der Waals surface area contributed by atoms with Crippen LogP contribution in [0.4, 0.5) is 0 Å². The molecule has 0 rings (SSSR count). The van der Waals surface area contributed by atoms with Crippen molar-refractivity contribution in [1.29, 1.82) is 0 Å². The molecule has 0 aromatic rings. The van der Waals surface area contributed by atoms with E-state index in [0.717, 1.165) is 161 Å². The lowest BCUT2D eigenvalue weighted by atomic mass is 9.91. The van der Waals surface area contributed by atoms with E-state index in [0.29, 0.717) is 38.9 Å². The summed E-state index contributed by atoms with van der Waals surface area (Å²) in [6.07, 6.45) is 67.5. The highest BCUT2D eigenvalue weighted by molar-refractivity contribution is 5.80. The quantitative estimate of drug-likeness (QED) is 0.0254.